The molecule has 27 heavy (non-hydrogen) atoms. The molecule has 4 rings (SSSR count). The number of hydrogen-bond acceptors (Lipinski definition) is 6. The minimum atomic E-state index is -0.343. The Morgan fingerprint density at radius 1 is 1.15 bits per heavy atom. The first-order valence-electron chi connectivity index (χ1n) is 8.68. The van der Waals surface area contributed by atoms with Gasteiger partial charge >= 0.3 is 5.63 Å². The summed E-state index contributed by atoms with van der Waals surface area (Å²) in [5.74, 6) is 0.569. The third kappa shape index (κ3) is 3.64. The molecule has 0 saturated heterocycles. The molecule has 0 bridgehead atoms. The molecule has 0 N–H and O–H groups in total. The quantitative estimate of drug-likeness (QED) is 0.387. The summed E-state index contributed by atoms with van der Waals surface area (Å²) in [5.41, 5.74) is 4.37. The fourth-order valence-corrected chi connectivity index (χ4v) is 3.83. The van der Waals surface area contributed by atoms with Gasteiger partial charge in [-0.15, -0.1) is 5.10 Å². The van der Waals surface area contributed by atoms with Crippen LogP contribution >= 0.6 is 11.8 Å². The van der Waals surface area contributed by atoms with E-state index in [0.717, 1.165) is 34.2 Å². The molecule has 4 aromatic rings. The Hall–Kier alpha value is -2.93. The molecule has 0 atom stereocenters. The largest absolute Gasteiger partial charge is 0.423 e. The Morgan fingerprint density at radius 2 is 2.04 bits per heavy atom. The van der Waals surface area contributed by atoms with E-state index in [1.807, 2.05) is 43.3 Å². The first-order chi connectivity index (χ1) is 13.1. The average molecular weight is 378 g/mol. The zero-order valence-corrected chi connectivity index (χ0v) is 15.9. The molecule has 0 radical (unpaired) electrons. The van der Waals surface area contributed by atoms with Gasteiger partial charge in [-0.3, -0.25) is 0 Å². The number of nitrogens with zero attached hydrogens (tertiary/aromatic N) is 4. The Kier molecular flexibility index (Phi) is 4.77. The lowest BCUT2D eigenvalue weighted by molar-refractivity contribution is 0.559. The van der Waals surface area contributed by atoms with Gasteiger partial charge in [-0.05, 0) is 58.7 Å². The van der Waals surface area contributed by atoms with Crippen molar-refractivity contribution in [2.24, 2.45) is 0 Å². The van der Waals surface area contributed by atoms with Crippen LogP contribution in [0.1, 0.15) is 23.6 Å². The van der Waals surface area contributed by atoms with Crippen LogP contribution in [-0.2, 0) is 12.2 Å². The minimum absolute atomic E-state index is 0.343. The van der Waals surface area contributed by atoms with Gasteiger partial charge in [0.1, 0.15) is 5.58 Å². The predicted molar refractivity (Wildman–Crippen MR) is 105 cm³/mol. The summed E-state index contributed by atoms with van der Waals surface area (Å²) in [6.07, 6.45) is 0.893. The van der Waals surface area contributed by atoms with E-state index < -0.39 is 0 Å². The lowest BCUT2D eigenvalue weighted by atomic mass is 10.1. The Labute approximate surface area is 160 Å². The van der Waals surface area contributed by atoms with Crippen molar-refractivity contribution in [3.8, 4) is 5.69 Å². The van der Waals surface area contributed by atoms with Crippen molar-refractivity contribution in [3.63, 3.8) is 0 Å². The van der Waals surface area contributed by atoms with Gasteiger partial charge < -0.3 is 4.42 Å². The second-order valence-corrected chi connectivity index (χ2v) is 7.22. The van der Waals surface area contributed by atoms with Gasteiger partial charge in [-0.2, -0.15) is 4.68 Å². The maximum Gasteiger partial charge on any atom is 0.336 e. The van der Waals surface area contributed by atoms with Crippen LogP contribution in [0.4, 0.5) is 0 Å². The highest BCUT2D eigenvalue weighted by atomic mass is 32.2. The average Bonchev–Trinajstić information content (AvgIpc) is 3.14. The molecule has 0 saturated carbocycles. The summed E-state index contributed by atoms with van der Waals surface area (Å²) in [7, 11) is 0. The van der Waals surface area contributed by atoms with Crippen molar-refractivity contribution in [1.82, 2.24) is 20.2 Å². The lowest BCUT2D eigenvalue weighted by Gasteiger charge is -2.07. The van der Waals surface area contributed by atoms with Gasteiger partial charge in [0.15, 0.2) is 0 Å². The predicted octanol–water partition coefficient (Wildman–Crippen LogP) is 3.93. The molecule has 0 aliphatic rings. The molecule has 6 nitrogen and oxygen atoms in total. The second kappa shape index (κ2) is 7.36. The van der Waals surface area contributed by atoms with Crippen LogP contribution in [0.2, 0.25) is 0 Å². The van der Waals surface area contributed by atoms with Gasteiger partial charge in [0, 0.05) is 17.2 Å². The minimum Gasteiger partial charge on any atom is -0.423 e. The van der Waals surface area contributed by atoms with Crippen molar-refractivity contribution in [2.75, 3.05) is 0 Å². The Balaban J connectivity index is 1.65. The fourth-order valence-electron chi connectivity index (χ4n) is 2.95. The van der Waals surface area contributed by atoms with E-state index in [2.05, 4.69) is 28.5 Å². The lowest BCUT2D eigenvalue weighted by Crippen LogP contribution is -2.02. The van der Waals surface area contributed by atoms with Crippen molar-refractivity contribution in [3.05, 3.63) is 75.6 Å². The molecule has 136 valence electrons. The molecule has 0 fully saturated rings. The third-order valence-electron chi connectivity index (χ3n) is 4.35. The third-order valence-corrected chi connectivity index (χ3v) is 5.31. The van der Waals surface area contributed by atoms with Crippen LogP contribution in [0, 0.1) is 6.92 Å². The normalized spacial score (nSPS) is 11.2. The van der Waals surface area contributed by atoms with E-state index in [4.69, 9.17) is 4.42 Å². The highest BCUT2D eigenvalue weighted by molar-refractivity contribution is 7.98. The monoisotopic (exact) mass is 378 g/mol. The van der Waals surface area contributed by atoms with E-state index in [1.54, 1.807) is 10.7 Å². The van der Waals surface area contributed by atoms with Gasteiger partial charge in [-0.1, -0.05) is 43.0 Å². The number of rotatable bonds is 5. The Morgan fingerprint density at radius 3 is 2.85 bits per heavy atom. The second-order valence-electron chi connectivity index (χ2n) is 6.28. The van der Waals surface area contributed by atoms with Crippen LogP contribution in [0.25, 0.3) is 16.7 Å². The molecular weight excluding hydrogens is 360 g/mol. The number of fused-ring (bicyclic) bond motifs is 1. The smallest absolute Gasteiger partial charge is 0.336 e. The topological polar surface area (TPSA) is 73.8 Å². The number of benzene rings is 2. The van der Waals surface area contributed by atoms with Crippen LogP contribution < -0.4 is 5.63 Å². The summed E-state index contributed by atoms with van der Waals surface area (Å²) < 4.78 is 7.09. The van der Waals surface area contributed by atoms with Gasteiger partial charge in [0.05, 0.1) is 5.69 Å². The van der Waals surface area contributed by atoms with E-state index in [9.17, 15) is 4.79 Å². The highest BCUT2D eigenvalue weighted by Crippen LogP contribution is 2.27. The molecule has 0 unspecified atom stereocenters. The van der Waals surface area contributed by atoms with Crippen molar-refractivity contribution >= 4 is 22.7 Å². The van der Waals surface area contributed by atoms with Gasteiger partial charge in [-0.25, -0.2) is 4.79 Å². The highest BCUT2D eigenvalue weighted by Gasteiger charge is 2.12. The van der Waals surface area contributed by atoms with Gasteiger partial charge in [0.25, 0.3) is 0 Å². The maximum atomic E-state index is 12.0. The summed E-state index contributed by atoms with van der Waals surface area (Å²) in [4.78, 5) is 12.0. The number of tetrazole rings is 1. The maximum absolute atomic E-state index is 12.0. The molecule has 7 heteroatoms. The molecular formula is C20H18N4O2S. The molecule has 0 aliphatic carbocycles. The van der Waals surface area contributed by atoms with E-state index in [-0.39, 0.29) is 5.63 Å². The molecule has 0 aliphatic heterocycles. The van der Waals surface area contributed by atoms with E-state index in [1.165, 1.54) is 11.8 Å². The van der Waals surface area contributed by atoms with Gasteiger partial charge in [0.2, 0.25) is 5.16 Å². The SMILES string of the molecule is CCc1ccc2c(CSc3nnnn3-c3cccc(C)c3)cc(=O)oc2c1. The van der Waals surface area contributed by atoms with Crippen molar-refractivity contribution < 1.29 is 4.42 Å². The number of aryl methyl sites for hydroxylation is 2. The van der Waals surface area contributed by atoms with Crippen LogP contribution in [0.15, 0.2) is 62.9 Å². The first kappa shape index (κ1) is 17.5. The standard InChI is InChI=1S/C20H18N4O2S/c1-3-14-7-8-17-15(11-19(25)26-18(17)10-14)12-27-20-21-22-23-24(20)16-6-4-5-13(2)9-16/h4-11H,3,12H2,1-2H3. The zero-order chi connectivity index (χ0) is 18.8. The molecule has 2 aromatic heterocycles. The van der Waals surface area contributed by atoms with Crippen molar-refractivity contribution in [2.45, 2.75) is 31.2 Å². The van der Waals surface area contributed by atoms with E-state index in [0.29, 0.717) is 16.5 Å². The first-order valence-corrected chi connectivity index (χ1v) is 9.66. The van der Waals surface area contributed by atoms with Crippen LogP contribution in [0.5, 0.6) is 0 Å². The zero-order valence-electron chi connectivity index (χ0n) is 15.0. The molecule has 0 amide bonds. The van der Waals surface area contributed by atoms with Crippen LogP contribution in [0.3, 0.4) is 0 Å². The molecule has 0 spiro atoms. The van der Waals surface area contributed by atoms with Crippen LogP contribution in [-0.4, -0.2) is 20.2 Å². The number of aromatic nitrogens is 4. The summed E-state index contributed by atoms with van der Waals surface area (Å²) >= 11 is 1.49. The number of thioether (sulfide) groups is 1. The summed E-state index contributed by atoms with van der Waals surface area (Å²) in [6, 6.07) is 15.5. The van der Waals surface area contributed by atoms with E-state index >= 15 is 0 Å². The summed E-state index contributed by atoms with van der Waals surface area (Å²) in [6.45, 7) is 4.10. The molecule has 2 aromatic carbocycles. The Bertz CT molecular complexity index is 1170. The van der Waals surface area contributed by atoms with Crippen molar-refractivity contribution in [1.29, 1.82) is 0 Å². The number of hydrogen-bond donors (Lipinski definition) is 0. The summed E-state index contributed by atoms with van der Waals surface area (Å²) in [5, 5.41) is 13.6. The molecule has 2 heterocycles. The fraction of sp³-hybridized carbons (Fsp3) is 0.200.